The minimum Gasteiger partial charge on any atom is -0.454 e. The molecule has 128 valence electrons. The van der Waals surface area contributed by atoms with Crippen LogP contribution in [0.2, 0.25) is 0 Å². The van der Waals surface area contributed by atoms with Crippen LogP contribution in [-0.4, -0.2) is 27.7 Å². The van der Waals surface area contributed by atoms with E-state index in [1.54, 1.807) is 15.9 Å². The molecule has 1 aliphatic carbocycles. The zero-order valence-electron chi connectivity index (χ0n) is 13.6. The van der Waals surface area contributed by atoms with E-state index < -0.39 is 0 Å². The molecule has 0 radical (unpaired) electrons. The number of ether oxygens (including phenoxy) is 2. The molecule has 0 spiro atoms. The molecule has 2 aromatic heterocycles. The topological polar surface area (TPSA) is 65.7 Å². The van der Waals surface area contributed by atoms with Crippen LogP contribution in [0, 0.1) is 0 Å². The first kappa shape index (κ1) is 14.9. The molecule has 0 amide bonds. The number of imidazole rings is 1. The summed E-state index contributed by atoms with van der Waals surface area (Å²) in [5.41, 5.74) is 1.97. The standard InChI is InChI=1S/C18H17N3O3S/c22-9-13-16(12-6-7-14-15(8-12)24-10-23-14)19-18-21(13)20-17(25-18)11-4-2-1-3-5-11/h6-9,11H,1-5,10H2. The molecule has 7 heteroatoms. The Hall–Kier alpha value is -2.41. The van der Waals surface area contributed by atoms with Gasteiger partial charge in [-0.15, -0.1) is 0 Å². The van der Waals surface area contributed by atoms with E-state index in [-0.39, 0.29) is 6.79 Å². The van der Waals surface area contributed by atoms with Gasteiger partial charge in [0.05, 0.1) is 0 Å². The highest BCUT2D eigenvalue weighted by molar-refractivity contribution is 7.16. The van der Waals surface area contributed by atoms with Gasteiger partial charge in [-0.25, -0.2) is 4.98 Å². The van der Waals surface area contributed by atoms with Crippen LogP contribution < -0.4 is 9.47 Å². The van der Waals surface area contributed by atoms with Crippen molar-refractivity contribution in [2.45, 2.75) is 38.0 Å². The molecule has 1 saturated carbocycles. The average molecular weight is 355 g/mol. The summed E-state index contributed by atoms with van der Waals surface area (Å²) in [5.74, 6) is 1.91. The lowest BCUT2D eigenvalue weighted by atomic mass is 9.90. The first-order chi connectivity index (χ1) is 12.3. The number of aldehydes is 1. The van der Waals surface area contributed by atoms with Crippen molar-refractivity contribution < 1.29 is 14.3 Å². The molecule has 0 unspecified atom stereocenters. The SMILES string of the molecule is O=Cc1c(-c2ccc3c(c2)OCO3)nc2sc(C3CCCCC3)nn12. The summed E-state index contributed by atoms with van der Waals surface area (Å²) in [5, 5.41) is 5.81. The van der Waals surface area contributed by atoms with Crippen molar-refractivity contribution in [3.05, 3.63) is 28.9 Å². The number of carbonyl (C=O) groups excluding carboxylic acids is 1. The Morgan fingerprint density at radius 2 is 2.00 bits per heavy atom. The molecule has 5 rings (SSSR count). The molecule has 0 bridgehead atoms. The van der Waals surface area contributed by atoms with E-state index in [0.717, 1.165) is 27.6 Å². The van der Waals surface area contributed by atoms with Crippen LogP contribution in [0.1, 0.15) is 53.5 Å². The molecule has 0 saturated heterocycles. The molecule has 0 N–H and O–H groups in total. The molecule has 1 aliphatic heterocycles. The van der Waals surface area contributed by atoms with Crippen molar-refractivity contribution >= 4 is 22.6 Å². The van der Waals surface area contributed by atoms with Crippen LogP contribution >= 0.6 is 11.3 Å². The Balaban J connectivity index is 1.57. The fraction of sp³-hybridized carbons (Fsp3) is 0.389. The molecule has 2 aliphatic rings. The maximum Gasteiger partial charge on any atom is 0.231 e. The van der Waals surface area contributed by atoms with Crippen LogP contribution in [0.5, 0.6) is 11.5 Å². The van der Waals surface area contributed by atoms with E-state index in [1.807, 2.05) is 18.2 Å². The molecule has 6 nitrogen and oxygen atoms in total. The molecule has 0 atom stereocenters. The summed E-state index contributed by atoms with van der Waals surface area (Å²) in [6.07, 6.45) is 7.03. The fourth-order valence-electron chi connectivity index (χ4n) is 3.66. The van der Waals surface area contributed by atoms with Gasteiger partial charge in [0, 0.05) is 11.5 Å². The van der Waals surface area contributed by atoms with Gasteiger partial charge in [-0.05, 0) is 31.0 Å². The second-order valence-corrected chi connectivity index (χ2v) is 7.49. The molecule has 1 fully saturated rings. The summed E-state index contributed by atoms with van der Waals surface area (Å²) >= 11 is 1.60. The van der Waals surface area contributed by atoms with Gasteiger partial charge in [0.15, 0.2) is 17.8 Å². The number of fused-ring (bicyclic) bond motifs is 2. The Labute approximate surface area is 148 Å². The summed E-state index contributed by atoms with van der Waals surface area (Å²) in [7, 11) is 0. The normalized spacial score (nSPS) is 17.3. The first-order valence-electron chi connectivity index (χ1n) is 8.58. The predicted octanol–water partition coefficient (Wildman–Crippen LogP) is 4.05. The van der Waals surface area contributed by atoms with Crippen molar-refractivity contribution in [2.75, 3.05) is 6.79 Å². The highest BCUT2D eigenvalue weighted by atomic mass is 32.1. The smallest absolute Gasteiger partial charge is 0.231 e. The molecule has 3 heterocycles. The van der Waals surface area contributed by atoms with Gasteiger partial charge >= 0.3 is 0 Å². The van der Waals surface area contributed by atoms with Crippen LogP contribution in [-0.2, 0) is 0 Å². The second-order valence-electron chi connectivity index (χ2n) is 6.50. The molecule has 1 aromatic carbocycles. The summed E-state index contributed by atoms with van der Waals surface area (Å²) in [4.78, 5) is 17.2. The van der Waals surface area contributed by atoms with Crippen LogP contribution in [0.15, 0.2) is 18.2 Å². The lowest BCUT2D eigenvalue weighted by molar-refractivity contribution is 0.111. The number of nitrogens with zero attached hydrogens (tertiary/aromatic N) is 3. The van der Waals surface area contributed by atoms with E-state index in [1.165, 1.54) is 32.1 Å². The Bertz CT molecular complexity index is 956. The third-order valence-electron chi connectivity index (χ3n) is 4.97. The van der Waals surface area contributed by atoms with E-state index in [4.69, 9.17) is 14.6 Å². The second kappa shape index (κ2) is 5.84. The Kier molecular flexibility index (Phi) is 3.48. The van der Waals surface area contributed by atoms with Crippen LogP contribution in [0.25, 0.3) is 16.2 Å². The molecule has 3 aromatic rings. The number of hydrogen-bond donors (Lipinski definition) is 0. The van der Waals surface area contributed by atoms with Gasteiger partial charge in [0.1, 0.15) is 16.4 Å². The Morgan fingerprint density at radius 3 is 2.84 bits per heavy atom. The predicted molar refractivity (Wildman–Crippen MR) is 93.6 cm³/mol. The van der Waals surface area contributed by atoms with Crippen LogP contribution in [0.4, 0.5) is 0 Å². The van der Waals surface area contributed by atoms with Gasteiger partial charge in [-0.3, -0.25) is 4.79 Å². The zero-order valence-corrected chi connectivity index (χ0v) is 14.4. The monoisotopic (exact) mass is 355 g/mol. The van der Waals surface area contributed by atoms with E-state index in [0.29, 0.717) is 23.1 Å². The highest BCUT2D eigenvalue weighted by Crippen LogP contribution is 2.38. The van der Waals surface area contributed by atoms with Crippen molar-refractivity contribution in [1.82, 2.24) is 14.6 Å². The third-order valence-corrected chi connectivity index (χ3v) is 6.04. The zero-order chi connectivity index (χ0) is 16.8. The van der Waals surface area contributed by atoms with E-state index in [2.05, 4.69) is 4.98 Å². The highest BCUT2D eigenvalue weighted by Gasteiger charge is 2.24. The largest absolute Gasteiger partial charge is 0.454 e. The third kappa shape index (κ3) is 2.41. The summed E-state index contributed by atoms with van der Waals surface area (Å²) < 4.78 is 12.5. The van der Waals surface area contributed by atoms with Crippen LogP contribution in [0.3, 0.4) is 0 Å². The molecular formula is C18H17N3O3S. The van der Waals surface area contributed by atoms with Gasteiger partial charge in [0.2, 0.25) is 11.8 Å². The maximum atomic E-state index is 11.7. The summed E-state index contributed by atoms with van der Waals surface area (Å²) in [6, 6.07) is 5.61. The van der Waals surface area contributed by atoms with Gasteiger partial charge < -0.3 is 9.47 Å². The lowest BCUT2D eigenvalue weighted by Gasteiger charge is -2.18. The quantitative estimate of drug-likeness (QED) is 0.663. The number of aromatic nitrogens is 3. The number of rotatable bonds is 3. The van der Waals surface area contributed by atoms with Crippen molar-refractivity contribution in [1.29, 1.82) is 0 Å². The van der Waals surface area contributed by atoms with Crippen molar-refractivity contribution in [3.63, 3.8) is 0 Å². The number of hydrogen-bond acceptors (Lipinski definition) is 6. The van der Waals surface area contributed by atoms with Gasteiger partial charge in [-0.2, -0.15) is 9.61 Å². The van der Waals surface area contributed by atoms with Gasteiger partial charge in [-0.1, -0.05) is 30.6 Å². The Morgan fingerprint density at radius 1 is 1.16 bits per heavy atom. The number of carbonyl (C=O) groups is 1. The van der Waals surface area contributed by atoms with E-state index in [9.17, 15) is 4.79 Å². The summed E-state index contributed by atoms with van der Waals surface area (Å²) in [6.45, 7) is 0.226. The first-order valence-corrected chi connectivity index (χ1v) is 9.40. The maximum absolute atomic E-state index is 11.7. The van der Waals surface area contributed by atoms with Gasteiger partial charge in [0.25, 0.3) is 0 Å². The average Bonchev–Trinajstić information content (AvgIpc) is 3.35. The van der Waals surface area contributed by atoms with Crippen molar-refractivity contribution in [3.8, 4) is 22.8 Å². The van der Waals surface area contributed by atoms with Crippen molar-refractivity contribution in [2.24, 2.45) is 0 Å². The molecular weight excluding hydrogens is 338 g/mol. The minimum atomic E-state index is 0.226. The lowest BCUT2D eigenvalue weighted by Crippen LogP contribution is -2.05. The molecule has 25 heavy (non-hydrogen) atoms. The van der Waals surface area contributed by atoms with E-state index >= 15 is 0 Å². The minimum absolute atomic E-state index is 0.226. The fourth-order valence-corrected chi connectivity index (χ4v) is 4.73. The number of benzene rings is 1.